The maximum absolute atomic E-state index is 14.3. The van der Waals surface area contributed by atoms with E-state index in [4.69, 9.17) is 18.9 Å². The maximum atomic E-state index is 14.3. The summed E-state index contributed by atoms with van der Waals surface area (Å²) in [5, 5.41) is 23.5. The van der Waals surface area contributed by atoms with Gasteiger partial charge in [0.25, 0.3) is 0 Å². The molecular formula is C46H57O9S2+. The molecule has 9 atom stereocenters. The van der Waals surface area contributed by atoms with Crippen LogP contribution in [0, 0.1) is 23.2 Å². The number of hydrogen-bond acceptors (Lipinski definition) is 9. The van der Waals surface area contributed by atoms with E-state index in [0.717, 1.165) is 40.8 Å². The number of hydrogen-bond donors (Lipinski definition) is 2. The van der Waals surface area contributed by atoms with Crippen molar-refractivity contribution in [1.82, 2.24) is 0 Å². The second-order valence-corrected chi connectivity index (χ2v) is 19.6. The van der Waals surface area contributed by atoms with Gasteiger partial charge in [-0.1, -0.05) is 100 Å². The molecule has 1 saturated carbocycles. The van der Waals surface area contributed by atoms with Gasteiger partial charge in [-0.3, -0.25) is 0 Å². The van der Waals surface area contributed by atoms with E-state index in [0.29, 0.717) is 35.2 Å². The van der Waals surface area contributed by atoms with Crippen LogP contribution < -0.4 is 9.47 Å². The summed E-state index contributed by atoms with van der Waals surface area (Å²) in [5.41, 5.74) is 2.64. The number of benzene rings is 4. The first-order valence-corrected chi connectivity index (χ1v) is 23.5. The van der Waals surface area contributed by atoms with Crippen LogP contribution in [-0.4, -0.2) is 75.6 Å². The lowest BCUT2D eigenvalue weighted by atomic mass is 9.68. The Kier molecular flexibility index (Phi) is 13.2. The van der Waals surface area contributed by atoms with E-state index >= 15 is 0 Å². The number of ether oxygens (including phenoxy) is 4. The van der Waals surface area contributed by atoms with Gasteiger partial charge in [-0.15, -0.1) is 4.21 Å². The minimum Gasteiger partial charge on any atom is -0.491 e. The average Bonchev–Trinajstić information content (AvgIpc) is 4.02. The molecule has 0 saturated heterocycles. The van der Waals surface area contributed by atoms with Gasteiger partial charge in [0.05, 0.1) is 36.1 Å². The molecule has 1 fully saturated rings. The Labute approximate surface area is 340 Å². The number of sulfone groups is 1. The molecule has 4 aromatic carbocycles. The largest absolute Gasteiger partial charge is 0.491 e. The van der Waals surface area contributed by atoms with Crippen LogP contribution in [0.4, 0.5) is 0 Å². The third-order valence-electron chi connectivity index (χ3n) is 12.5. The maximum Gasteiger partial charge on any atom is 0.179 e. The van der Waals surface area contributed by atoms with Crippen molar-refractivity contribution in [3.63, 3.8) is 0 Å². The van der Waals surface area contributed by atoms with Gasteiger partial charge < -0.3 is 29.2 Å². The fraction of sp³-hybridized carbons (Fsp3) is 0.478. The fourth-order valence-electron chi connectivity index (χ4n) is 9.44. The summed E-state index contributed by atoms with van der Waals surface area (Å²) >= 11 is 0. The topological polar surface area (TPSA) is 129 Å². The molecule has 0 amide bonds. The monoisotopic (exact) mass is 817 g/mol. The Hall–Kier alpha value is -3.58. The van der Waals surface area contributed by atoms with Crippen LogP contribution in [0.15, 0.2) is 107 Å². The highest BCUT2D eigenvalue weighted by Gasteiger charge is 2.59. The number of aliphatic hydroxyl groups is 2. The molecule has 306 valence electrons. The highest BCUT2D eigenvalue weighted by molar-refractivity contribution is 7.91. The van der Waals surface area contributed by atoms with Crippen LogP contribution in [0.2, 0.25) is 0 Å². The molecule has 0 radical (unpaired) electrons. The molecule has 0 spiro atoms. The van der Waals surface area contributed by atoms with Gasteiger partial charge in [-0.2, -0.15) is 0 Å². The van der Waals surface area contributed by atoms with Crippen LogP contribution in [0.25, 0.3) is 0 Å². The predicted octanol–water partition coefficient (Wildman–Crippen LogP) is 7.45. The van der Waals surface area contributed by atoms with Crippen molar-refractivity contribution in [3.8, 4) is 11.5 Å². The van der Waals surface area contributed by atoms with E-state index < -0.39 is 44.2 Å². The highest BCUT2D eigenvalue weighted by atomic mass is 32.2. The molecule has 2 aliphatic heterocycles. The molecule has 11 heteroatoms. The first-order chi connectivity index (χ1) is 27.6. The molecule has 3 aliphatic rings. The van der Waals surface area contributed by atoms with Gasteiger partial charge in [-0.05, 0) is 65.6 Å². The number of thiol groups is 1. The number of rotatable bonds is 16. The molecular weight excluding hydrogens is 761 g/mol. The zero-order chi connectivity index (χ0) is 40.2. The minimum absolute atomic E-state index is 0.0196. The second-order valence-electron chi connectivity index (χ2n) is 16.0. The van der Waals surface area contributed by atoms with E-state index in [-0.39, 0.29) is 61.6 Å². The molecule has 7 rings (SSSR count). The van der Waals surface area contributed by atoms with Gasteiger partial charge in [0.2, 0.25) is 0 Å². The van der Waals surface area contributed by atoms with E-state index in [1.54, 1.807) is 12.1 Å². The van der Waals surface area contributed by atoms with Crippen LogP contribution in [-0.2, 0) is 34.3 Å². The van der Waals surface area contributed by atoms with Crippen molar-refractivity contribution >= 4 is 20.6 Å². The van der Waals surface area contributed by atoms with E-state index in [1.165, 1.54) is 0 Å². The molecule has 9 unspecified atom stereocenters. The summed E-state index contributed by atoms with van der Waals surface area (Å²) < 4.78 is 65.1. The van der Waals surface area contributed by atoms with Gasteiger partial charge in [0, 0.05) is 34.8 Å². The lowest BCUT2D eigenvalue weighted by molar-refractivity contribution is -0.0662. The van der Waals surface area contributed by atoms with Crippen molar-refractivity contribution < 1.29 is 41.8 Å². The number of fused-ring (bicyclic) bond motifs is 2. The number of aliphatic hydroxyl groups excluding tert-OH is 2. The normalized spacial score (nSPS) is 29.0. The predicted molar refractivity (Wildman–Crippen MR) is 222 cm³/mol. The van der Waals surface area contributed by atoms with Crippen molar-refractivity contribution in [2.45, 2.75) is 80.3 Å². The molecule has 57 heavy (non-hydrogen) atoms. The van der Waals surface area contributed by atoms with Crippen molar-refractivity contribution in [1.29, 1.82) is 0 Å². The summed E-state index contributed by atoms with van der Waals surface area (Å²) in [6.45, 7) is 7.09. The van der Waals surface area contributed by atoms with Gasteiger partial charge >= 0.3 is 0 Å². The Morgan fingerprint density at radius 3 is 1.98 bits per heavy atom. The highest BCUT2D eigenvalue weighted by Crippen LogP contribution is 2.61. The first kappa shape index (κ1) is 41.6. The molecule has 2 heterocycles. The average molecular weight is 818 g/mol. The summed E-state index contributed by atoms with van der Waals surface area (Å²) in [6.07, 6.45) is 2.13. The van der Waals surface area contributed by atoms with Crippen LogP contribution in [0.1, 0.15) is 80.5 Å². The summed E-state index contributed by atoms with van der Waals surface area (Å²) in [6, 6.07) is 30.4. The van der Waals surface area contributed by atoms with E-state index in [2.05, 4.69) is 6.92 Å². The zero-order valence-electron chi connectivity index (χ0n) is 33.2. The molecule has 9 nitrogen and oxygen atoms in total. The standard InChI is InChI=1S/C46H56O9S2/c1-4-12-34-25-39(34)46(5-2)29-57(50,51)41-27-36(18-20-38(41)43(45(46)48)33-15-10-7-11-16-33)55-24-22-53-30-52-21-23-54-35-17-19-37-40(26-35)56(49)28-31(3)44(47)42(37)32-13-8-6-9-14-32/h6-11,13-20,26-27,31,34,39,42-45,47-48H,4-5,12,21-25,28-30H2,1-3H3/p+1. The molecule has 0 aromatic heterocycles. The molecule has 4 aromatic rings. The van der Waals surface area contributed by atoms with Crippen LogP contribution in [0.5, 0.6) is 11.5 Å². The summed E-state index contributed by atoms with van der Waals surface area (Å²) in [5.74, 6) is 1.07. The van der Waals surface area contributed by atoms with Gasteiger partial charge in [0.15, 0.2) is 14.7 Å². The zero-order valence-corrected chi connectivity index (χ0v) is 34.9. The fourth-order valence-corrected chi connectivity index (χ4v) is 13.4. The lowest BCUT2D eigenvalue weighted by Gasteiger charge is -2.40. The SMILES string of the molecule is CCCC1CC1C1(CC)CS(=O)(=O)c2cc(OCCOCOCCOc3ccc4c(c3)[SH+](=O)CC(C)C(O)C4c3ccccc3)ccc2C(c2ccccc2)C1O. The lowest BCUT2D eigenvalue weighted by Crippen LogP contribution is -2.44. The van der Waals surface area contributed by atoms with Crippen molar-refractivity contribution in [2.75, 3.05) is 44.7 Å². The van der Waals surface area contributed by atoms with Crippen LogP contribution in [0.3, 0.4) is 0 Å². The summed E-state index contributed by atoms with van der Waals surface area (Å²) in [4.78, 5) is 0.947. The first-order valence-electron chi connectivity index (χ1n) is 20.4. The Balaban J connectivity index is 0.926. The quantitative estimate of drug-likeness (QED) is 0.0513. The van der Waals surface area contributed by atoms with Crippen LogP contribution >= 0.6 is 0 Å². The van der Waals surface area contributed by atoms with Gasteiger partial charge in [0.1, 0.15) is 48.1 Å². The molecule has 2 N–H and O–H groups in total. The third-order valence-corrected chi connectivity index (χ3v) is 16.2. The smallest absolute Gasteiger partial charge is 0.179 e. The second kappa shape index (κ2) is 18.1. The third kappa shape index (κ3) is 8.89. The van der Waals surface area contributed by atoms with E-state index in [1.807, 2.05) is 98.8 Å². The van der Waals surface area contributed by atoms with E-state index in [9.17, 15) is 22.8 Å². The Bertz CT molecular complexity index is 2090. The molecule has 1 aliphatic carbocycles. The van der Waals surface area contributed by atoms with Crippen molar-refractivity contribution in [2.24, 2.45) is 23.2 Å². The minimum atomic E-state index is -3.76. The van der Waals surface area contributed by atoms with Crippen molar-refractivity contribution in [3.05, 3.63) is 119 Å². The summed E-state index contributed by atoms with van der Waals surface area (Å²) in [7, 11) is -5.47. The molecule has 0 bridgehead atoms. The Morgan fingerprint density at radius 2 is 1.37 bits per heavy atom. The Morgan fingerprint density at radius 1 is 0.772 bits per heavy atom. The van der Waals surface area contributed by atoms with Gasteiger partial charge in [-0.25, -0.2) is 8.42 Å².